The fourth-order valence-electron chi connectivity index (χ4n) is 2.78. The lowest BCUT2D eigenvalue weighted by atomic mass is 9.96. The Balaban J connectivity index is 2.03. The van der Waals surface area contributed by atoms with Gasteiger partial charge in [0.15, 0.2) is 0 Å². The van der Waals surface area contributed by atoms with E-state index in [0.717, 1.165) is 32.1 Å². The monoisotopic (exact) mass is 261 g/mol. The Kier molecular flexibility index (Phi) is 4.07. The van der Waals surface area contributed by atoms with Crippen LogP contribution in [0.4, 0.5) is 0 Å². The van der Waals surface area contributed by atoms with Crippen molar-refractivity contribution in [2.24, 2.45) is 5.73 Å². The summed E-state index contributed by atoms with van der Waals surface area (Å²) in [6.45, 7) is 1.04. The van der Waals surface area contributed by atoms with E-state index in [1.165, 1.54) is 10.7 Å². The molecule has 0 spiro atoms. The van der Waals surface area contributed by atoms with Crippen molar-refractivity contribution in [1.82, 2.24) is 8.61 Å². The minimum absolute atomic E-state index is 0.00420. The maximum absolute atomic E-state index is 12.4. The van der Waals surface area contributed by atoms with Crippen molar-refractivity contribution in [3.8, 4) is 0 Å². The van der Waals surface area contributed by atoms with Gasteiger partial charge in [0.25, 0.3) is 10.2 Å². The third kappa shape index (κ3) is 2.81. The van der Waals surface area contributed by atoms with Gasteiger partial charge in [0.1, 0.15) is 0 Å². The smallest absolute Gasteiger partial charge is 0.282 e. The van der Waals surface area contributed by atoms with Gasteiger partial charge in [-0.3, -0.25) is 0 Å². The van der Waals surface area contributed by atoms with Crippen LogP contribution in [0.5, 0.6) is 0 Å². The molecule has 2 N–H and O–H groups in total. The Hall–Kier alpha value is -0.170. The summed E-state index contributed by atoms with van der Waals surface area (Å²) >= 11 is 0. The first-order chi connectivity index (χ1) is 8.01. The molecule has 0 amide bonds. The van der Waals surface area contributed by atoms with Crippen LogP contribution >= 0.6 is 0 Å². The Morgan fingerprint density at radius 3 is 2.35 bits per heavy atom. The van der Waals surface area contributed by atoms with E-state index in [-0.39, 0.29) is 12.1 Å². The van der Waals surface area contributed by atoms with Crippen molar-refractivity contribution in [2.45, 2.75) is 50.6 Å². The van der Waals surface area contributed by atoms with E-state index >= 15 is 0 Å². The highest BCUT2D eigenvalue weighted by molar-refractivity contribution is 7.86. The third-order valence-electron chi connectivity index (χ3n) is 3.97. The van der Waals surface area contributed by atoms with E-state index in [0.29, 0.717) is 13.1 Å². The highest BCUT2D eigenvalue weighted by Crippen LogP contribution is 2.25. The normalized spacial score (nSPS) is 29.0. The van der Waals surface area contributed by atoms with Crippen LogP contribution in [0.1, 0.15) is 38.5 Å². The summed E-state index contributed by atoms with van der Waals surface area (Å²) in [5.74, 6) is 0. The largest absolute Gasteiger partial charge is 0.326 e. The zero-order valence-corrected chi connectivity index (χ0v) is 11.3. The van der Waals surface area contributed by atoms with Crippen molar-refractivity contribution in [3.05, 3.63) is 0 Å². The molecule has 0 unspecified atom stereocenters. The molecule has 1 atom stereocenters. The number of rotatable bonds is 3. The first kappa shape index (κ1) is 13.3. The summed E-state index contributed by atoms with van der Waals surface area (Å²) in [4.78, 5) is 0. The van der Waals surface area contributed by atoms with Gasteiger partial charge >= 0.3 is 0 Å². The van der Waals surface area contributed by atoms with E-state index in [1.807, 2.05) is 0 Å². The first-order valence-electron chi connectivity index (χ1n) is 6.50. The van der Waals surface area contributed by atoms with E-state index < -0.39 is 10.2 Å². The summed E-state index contributed by atoms with van der Waals surface area (Å²) in [6, 6.07) is 0.190. The Labute approximate surface area is 104 Å². The molecule has 17 heavy (non-hydrogen) atoms. The molecule has 0 aromatic carbocycles. The first-order valence-corrected chi connectivity index (χ1v) is 7.90. The van der Waals surface area contributed by atoms with Gasteiger partial charge < -0.3 is 5.73 Å². The molecule has 1 aliphatic carbocycles. The highest BCUT2D eigenvalue weighted by atomic mass is 32.2. The van der Waals surface area contributed by atoms with Gasteiger partial charge in [0, 0.05) is 32.2 Å². The molecule has 0 aromatic rings. The fraction of sp³-hybridized carbons (Fsp3) is 1.00. The quantitative estimate of drug-likeness (QED) is 0.806. The molecule has 6 heteroatoms. The zero-order valence-electron chi connectivity index (χ0n) is 10.5. The van der Waals surface area contributed by atoms with Crippen LogP contribution < -0.4 is 5.73 Å². The summed E-state index contributed by atoms with van der Waals surface area (Å²) in [5, 5.41) is 0. The topological polar surface area (TPSA) is 66.6 Å². The zero-order chi connectivity index (χ0) is 12.5. The van der Waals surface area contributed by atoms with Crippen LogP contribution in [-0.4, -0.2) is 49.2 Å². The molecule has 100 valence electrons. The summed E-state index contributed by atoms with van der Waals surface area (Å²) in [7, 11) is -1.57. The lowest BCUT2D eigenvalue weighted by Crippen LogP contribution is -2.46. The molecule has 2 rings (SSSR count). The Morgan fingerprint density at radius 2 is 1.82 bits per heavy atom. The molecule has 0 bridgehead atoms. The molecule has 2 fully saturated rings. The second-order valence-corrected chi connectivity index (χ2v) is 7.21. The van der Waals surface area contributed by atoms with Crippen LogP contribution in [0.3, 0.4) is 0 Å². The number of hydrogen-bond donors (Lipinski definition) is 1. The van der Waals surface area contributed by atoms with Crippen molar-refractivity contribution >= 4 is 10.2 Å². The molecule has 1 heterocycles. The van der Waals surface area contributed by atoms with E-state index in [1.54, 1.807) is 11.4 Å². The average Bonchev–Trinajstić information content (AvgIpc) is 2.77. The number of nitrogens with zero attached hydrogens (tertiary/aromatic N) is 2. The molecular weight excluding hydrogens is 238 g/mol. The maximum Gasteiger partial charge on any atom is 0.282 e. The minimum atomic E-state index is -3.28. The third-order valence-corrected chi connectivity index (χ3v) is 5.98. The van der Waals surface area contributed by atoms with Crippen molar-refractivity contribution < 1.29 is 8.42 Å². The van der Waals surface area contributed by atoms with Gasteiger partial charge in [-0.2, -0.15) is 17.0 Å². The van der Waals surface area contributed by atoms with Gasteiger partial charge in [-0.1, -0.05) is 19.3 Å². The number of nitrogens with two attached hydrogens (primary N) is 1. The molecule has 1 aliphatic heterocycles. The van der Waals surface area contributed by atoms with Crippen LogP contribution in [0.25, 0.3) is 0 Å². The Morgan fingerprint density at radius 1 is 1.18 bits per heavy atom. The number of hydrogen-bond acceptors (Lipinski definition) is 3. The fourth-order valence-corrected chi connectivity index (χ4v) is 4.45. The molecule has 0 radical (unpaired) electrons. The van der Waals surface area contributed by atoms with Crippen LogP contribution in [-0.2, 0) is 10.2 Å². The van der Waals surface area contributed by atoms with Crippen molar-refractivity contribution in [1.29, 1.82) is 0 Å². The van der Waals surface area contributed by atoms with Gasteiger partial charge in [0.2, 0.25) is 0 Å². The molecular formula is C11H23N3O2S. The Bertz CT molecular complexity index is 352. The van der Waals surface area contributed by atoms with Gasteiger partial charge in [-0.25, -0.2) is 0 Å². The standard InChI is InChI=1S/C11H23N3O2S/c1-13(11-5-3-2-4-6-11)17(15,16)14-8-7-10(12)9-14/h10-11H,2-9,12H2,1H3/t10-/m0/s1. The predicted octanol–water partition coefficient (Wildman–Crippen LogP) is 0.529. The van der Waals surface area contributed by atoms with E-state index in [9.17, 15) is 8.42 Å². The molecule has 0 aromatic heterocycles. The highest BCUT2D eigenvalue weighted by Gasteiger charge is 2.35. The van der Waals surface area contributed by atoms with Crippen LogP contribution in [0.15, 0.2) is 0 Å². The molecule has 1 saturated carbocycles. The maximum atomic E-state index is 12.4. The average molecular weight is 261 g/mol. The van der Waals surface area contributed by atoms with Crippen molar-refractivity contribution in [2.75, 3.05) is 20.1 Å². The minimum Gasteiger partial charge on any atom is -0.326 e. The van der Waals surface area contributed by atoms with Gasteiger partial charge in [-0.15, -0.1) is 0 Å². The second kappa shape index (κ2) is 5.22. The predicted molar refractivity (Wildman–Crippen MR) is 67.7 cm³/mol. The molecule has 1 saturated heterocycles. The summed E-state index contributed by atoms with van der Waals surface area (Å²) in [5.41, 5.74) is 5.78. The summed E-state index contributed by atoms with van der Waals surface area (Å²) < 4.78 is 27.9. The SMILES string of the molecule is CN(C1CCCCC1)S(=O)(=O)N1CC[C@H](N)C1. The van der Waals surface area contributed by atoms with E-state index in [2.05, 4.69) is 0 Å². The van der Waals surface area contributed by atoms with Crippen LogP contribution in [0, 0.1) is 0 Å². The van der Waals surface area contributed by atoms with Gasteiger partial charge in [-0.05, 0) is 19.3 Å². The van der Waals surface area contributed by atoms with Crippen LogP contribution in [0.2, 0.25) is 0 Å². The molecule has 5 nitrogen and oxygen atoms in total. The summed E-state index contributed by atoms with van der Waals surface area (Å²) in [6.07, 6.45) is 6.29. The van der Waals surface area contributed by atoms with E-state index in [4.69, 9.17) is 5.73 Å². The lowest BCUT2D eigenvalue weighted by molar-refractivity contribution is 0.268. The second-order valence-electron chi connectivity index (χ2n) is 5.22. The van der Waals surface area contributed by atoms with Gasteiger partial charge in [0.05, 0.1) is 0 Å². The van der Waals surface area contributed by atoms with Crippen molar-refractivity contribution in [3.63, 3.8) is 0 Å². The molecule has 2 aliphatic rings. The lowest BCUT2D eigenvalue weighted by Gasteiger charge is -2.33.